The highest BCUT2D eigenvalue weighted by Crippen LogP contribution is 2.46. The molecule has 4 aromatic rings. The molecule has 2 atom stereocenters. The predicted molar refractivity (Wildman–Crippen MR) is 215 cm³/mol. The zero-order chi connectivity index (χ0) is 38.8. The van der Waals surface area contributed by atoms with Crippen LogP contribution < -0.4 is 0 Å². The Bertz CT molecular complexity index is 1830. The second-order valence-corrected chi connectivity index (χ2v) is 18.5. The molecule has 14 heteroatoms. The van der Waals surface area contributed by atoms with E-state index in [9.17, 15) is 30.0 Å². The molecule has 10 bridgehead atoms. The van der Waals surface area contributed by atoms with Crippen LogP contribution in [0.2, 0.25) is 0 Å². The molecule has 0 saturated heterocycles. The van der Waals surface area contributed by atoms with E-state index in [1.165, 1.54) is 59.3 Å². The van der Waals surface area contributed by atoms with Gasteiger partial charge in [0.25, 0.3) is 0 Å². The Balaban J connectivity index is 1.65. The van der Waals surface area contributed by atoms with Crippen LogP contribution in [0.4, 0.5) is 0 Å². The summed E-state index contributed by atoms with van der Waals surface area (Å²) in [7, 11) is 5.48. The summed E-state index contributed by atoms with van der Waals surface area (Å²) in [4.78, 5) is 33.2. The highest BCUT2D eigenvalue weighted by Gasteiger charge is 2.33. The number of aryl methyl sites for hydroxylation is 4. The summed E-state index contributed by atoms with van der Waals surface area (Å²) in [6.07, 6.45) is 0. The number of carbonyl (C=O) groups is 2. The highest BCUT2D eigenvalue weighted by molar-refractivity contribution is 8.76. The first-order valence-corrected chi connectivity index (χ1v) is 21.4. The molecule has 0 aliphatic carbocycles. The molecular formula is C40H44N2O8S4. The molecule has 54 heavy (non-hydrogen) atoms. The Morgan fingerprint density at radius 3 is 1.02 bits per heavy atom. The van der Waals surface area contributed by atoms with Crippen molar-refractivity contribution in [1.82, 2.24) is 9.80 Å². The average Bonchev–Trinajstić information content (AvgIpc) is 3.12. The minimum absolute atomic E-state index is 0.0174. The summed E-state index contributed by atoms with van der Waals surface area (Å²) in [5, 5.41) is 47.4. The van der Waals surface area contributed by atoms with Crippen molar-refractivity contribution in [3.05, 3.63) is 93.0 Å². The van der Waals surface area contributed by atoms with Gasteiger partial charge in [-0.25, -0.2) is 0 Å². The van der Waals surface area contributed by atoms with Crippen molar-refractivity contribution in [3.8, 4) is 23.0 Å². The monoisotopic (exact) mass is 808 g/mol. The maximum Gasteiger partial charge on any atom is 0.323 e. The van der Waals surface area contributed by atoms with Gasteiger partial charge in [-0.1, -0.05) is 69.4 Å². The normalized spacial score (nSPS) is 20.5. The number of rotatable bonds is 2. The van der Waals surface area contributed by atoms with Gasteiger partial charge in [-0.3, -0.25) is 19.4 Å². The zero-order valence-corrected chi connectivity index (χ0v) is 34.2. The number of ether oxygens (including phenoxy) is 2. The van der Waals surface area contributed by atoms with Crippen molar-refractivity contribution >= 4 is 57.1 Å². The van der Waals surface area contributed by atoms with Crippen LogP contribution in [-0.4, -0.2) is 80.0 Å². The first-order chi connectivity index (χ1) is 25.8. The van der Waals surface area contributed by atoms with Gasteiger partial charge in [-0.05, 0) is 74.2 Å². The number of methoxy groups -OCH3 is 2. The average molecular weight is 809 g/mol. The van der Waals surface area contributed by atoms with Crippen molar-refractivity contribution in [2.24, 2.45) is 0 Å². The molecule has 0 amide bonds. The lowest BCUT2D eigenvalue weighted by molar-refractivity contribution is -0.147. The van der Waals surface area contributed by atoms with Crippen molar-refractivity contribution in [2.75, 3.05) is 25.7 Å². The molecule has 4 N–H and O–H groups in total. The van der Waals surface area contributed by atoms with Crippen LogP contribution in [0.3, 0.4) is 0 Å². The first kappa shape index (κ1) is 40.0. The molecule has 0 radical (unpaired) electrons. The fraction of sp³-hybridized carbons (Fsp3) is 0.350. The summed E-state index contributed by atoms with van der Waals surface area (Å²) < 4.78 is 10.7. The number of carbonyl (C=O) groups excluding carboxylic acids is 2. The maximum atomic E-state index is 13.7. The second kappa shape index (κ2) is 17.0. The van der Waals surface area contributed by atoms with Crippen molar-refractivity contribution < 1.29 is 39.5 Å². The molecule has 0 unspecified atom stereocenters. The SMILES string of the molecule is COC(=O)[C@H]1CSSC[C@H](C(=O)OC)N2Cc3cc(C)cc(c3O)Sc3cc(C)cc(c3O)CN1Cc1cc(C)cc(c1O)Sc1cc(C)cc(c1O)C2. The highest BCUT2D eigenvalue weighted by atomic mass is 33.1. The van der Waals surface area contributed by atoms with E-state index in [2.05, 4.69) is 0 Å². The third kappa shape index (κ3) is 8.74. The number of phenols is 4. The molecule has 0 saturated carbocycles. The first-order valence-electron chi connectivity index (χ1n) is 17.3. The minimum Gasteiger partial charge on any atom is -0.506 e. The fourth-order valence-electron chi connectivity index (χ4n) is 6.87. The van der Waals surface area contributed by atoms with Crippen LogP contribution in [0.5, 0.6) is 23.0 Å². The second-order valence-electron chi connectivity index (χ2n) is 13.7. The number of benzene rings is 4. The number of hydrogen-bond acceptors (Lipinski definition) is 14. The fourth-order valence-corrected chi connectivity index (χ4v) is 11.7. The van der Waals surface area contributed by atoms with Gasteiger partial charge in [0.05, 0.1) is 33.8 Å². The van der Waals surface area contributed by atoms with E-state index in [0.29, 0.717) is 41.8 Å². The third-order valence-electron chi connectivity index (χ3n) is 9.49. The van der Waals surface area contributed by atoms with Crippen molar-refractivity contribution in [2.45, 2.75) is 85.5 Å². The van der Waals surface area contributed by atoms with Gasteiger partial charge < -0.3 is 29.9 Å². The Labute approximate surface area is 332 Å². The van der Waals surface area contributed by atoms with Crippen LogP contribution in [0.15, 0.2) is 68.1 Å². The van der Waals surface area contributed by atoms with E-state index in [0.717, 1.165) is 22.3 Å². The van der Waals surface area contributed by atoms with E-state index < -0.39 is 24.0 Å². The number of fused-ring (bicyclic) bond motifs is 15. The van der Waals surface area contributed by atoms with Crippen LogP contribution in [0, 0.1) is 27.7 Å². The Kier molecular flexibility index (Phi) is 12.6. The Morgan fingerprint density at radius 1 is 0.519 bits per heavy atom. The quantitative estimate of drug-likeness (QED) is 0.116. The lowest BCUT2D eigenvalue weighted by Crippen LogP contribution is -2.43. The Morgan fingerprint density at radius 2 is 0.778 bits per heavy atom. The molecule has 0 spiro atoms. The summed E-state index contributed by atoms with van der Waals surface area (Å²) in [5.74, 6) is -0.382. The molecule has 4 aromatic carbocycles. The molecule has 0 fully saturated rings. The lowest BCUT2D eigenvalue weighted by atomic mass is 10.1. The zero-order valence-electron chi connectivity index (χ0n) is 31.0. The number of phenolic OH excluding ortho intramolecular Hbond substituents is 4. The van der Waals surface area contributed by atoms with E-state index in [4.69, 9.17) is 9.47 Å². The summed E-state index contributed by atoms with van der Waals surface area (Å²) >= 11 is 2.46. The molecule has 286 valence electrons. The smallest absolute Gasteiger partial charge is 0.323 e. The van der Waals surface area contributed by atoms with E-state index in [-0.39, 0.29) is 60.7 Å². The van der Waals surface area contributed by atoms with E-state index in [1.54, 1.807) is 0 Å². The number of nitrogens with zero attached hydrogens (tertiary/aromatic N) is 2. The van der Waals surface area contributed by atoms with Gasteiger partial charge >= 0.3 is 11.9 Å². The van der Waals surface area contributed by atoms with Crippen molar-refractivity contribution in [3.63, 3.8) is 0 Å². The number of esters is 2. The molecule has 2 aliphatic heterocycles. The van der Waals surface area contributed by atoms with Gasteiger partial charge in [0.2, 0.25) is 0 Å². The van der Waals surface area contributed by atoms with Gasteiger partial charge in [0, 0.05) is 59.9 Å². The predicted octanol–water partition coefficient (Wildman–Crippen LogP) is 7.84. The summed E-state index contributed by atoms with van der Waals surface area (Å²) in [6, 6.07) is 13.3. The molecule has 10 nitrogen and oxygen atoms in total. The van der Waals surface area contributed by atoms with E-state index >= 15 is 0 Å². The van der Waals surface area contributed by atoms with Gasteiger partial charge in [-0.15, -0.1) is 0 Å². The number of hydrogen-bond donors (Lipinski definition) is 4. The van der Waals surface area contributed by atoms with Crippen LogP contribution in [0.1, 0.15) is 44.5 Å². The number of aromatic hydroxyl groups is 4. The molecule has 0 aromatic heterocycles. The molecule has 2 aliphatic rings. The standard InChI is InChI=1S/C40H44N2O8S4/c1-21-7-25-15-41-16-26-9-23(3)13-33(37(26)45)54-34-14-24(4)10-28(38(34)46)18-42(30(40(48)50-6)20-52-51-19-29(41)39(47)49-5)17-27-8-22(2)12-32(36(27)44)53-31(11-21)35(25)43/h7-14,29-30,43-46H,15-20H2,1-6H3/t29-,30-/m1/s1. The minimum atomic E-state index is -0.818. The maximum absolute atomic E-state index is 13.7. The topological polar surface area (TPSA) is 140 Å². The third-order valence-corrected chi connectivity index (χ3v) is 14.0. The summed E-state index contributed by atoms with van der Waals surface area (Å²) in [5.41, 5.74) is 5.74. The van der Waals surface area contributed by atoms with Crippen LogP contribution in [-0.2, 0) is 45.2 Å². The largest absolute Gasteiger partial charge is 0.506 e. The van der Waals surface area contributed by atoms with Crippen molar-refractivity contribution in [1.29, 1.82) is 0 Å². The Hall–Kier alpha value is -3.66. The van der Waals surface area contributed by atoms with Gasteiger partial charge in [0.15, 0.2) is 0 Å². The van der Waals surface area contributed by atoms with Crippen LogP contribution >= 0.6 is 45.1 Å². The molecule has 6 rings (SSSR count). The van der Waals surface area contributed by atoms with Crippen LogP contribution in [0.25, 0.3) is 0 Å². The van der Waals surface area contributed by atoms with Gasteiger partial charge in [-0.2, -0.15) is 0 Å². The summed E-state index contributed by atoms with van der Waals surface area (Å²) in [6.45, 7) is 8.18. The lowest BCUT2D eigenvalue weighted by Gasteiger charge is -2.31. The molecular weight excluding hydrogens is 765 g/mol. The van der Waals surface area contributed by atoms with Gasteiger partial charge in [0.1, 0.15) is 35.1 Å². The molecule has 2 heterocycles. The van der Waals surface area contributed by atoms with E-state index in [1.807, 2.05) is 86.0 Å².